The quantitative estimate of drug-likeness (QED) is 0.768. The van der Waals surface area contributed by atoms with Gasteiger partial charge in [0.1, 0.15) is 0 Å². The Hall–Kier alpha value is -1.55. The van der Waals surface area contributed by atoms with Gasteiger partial charge in [-0.05, 0) is 56.3 Å². The van der Waals surface area contributed by atoms with E-state index in [1.54, 1.807) is 0 Å². The van der Waals surface area contributed by atoms with Crippen LogP contribution in [-0.4, -0.2) is 50.1 Å². The van der Waals surface area contributed by atoms with Crippen LogP contribution in [0, 0.1) is 0 Å². The minimum absolute atomic E-state index is 0.208. The summed E-state index contributed by atoms with van der Waals surface area (Å²) in [5.41, 5.74) is 2.43. The molecule has 0 unspecified atom stereocenters. The number of hydrogen-bond acceptors (Lipinski definition) is 3. The average Bonchev–Trinajstić information content (AvgIpc) is 2.96. The van der Waals surface area contributed by atoms with Crippen LogP contribution in [0.5, 0.6) is 0 Å². The molecule has 1 aliphatic carbocycles. The lowest BCUT2D eigenvalue weighted by atomic mass is 9.99. The number of nitrogens with one attached hydrogen (secondary N) is 1. The summed E-state index contributed by atoms with van der Waals surface area (Å²) in [6.45, 7) is 2.27. The zero-order valence-electron chi connectivity index (χ0n) is 17.3. The molecule has 0 bridgehead atoms. The summed E-state index contributed by atoms with van der Waals surface area (Å²) < 4.78 is 0. The molecule has 1 aliphatic heterocycles. The zero-order chi connectivity index (χ0) is 19.1. The molecule has 0 spiro atoms. The highest BCUT2D eigenvalue weighted by Gasteiger charge is 2.27. The molecule has 27 heavy (non-hydrogen) atoms. The topological polar surface area (TPSA) is 35.6 Å². The van der Waals surface area contributed by atoms with Crippen molar-refractivity contribution in [2.75, 3.05) is 32.1 Å². The smallest absolute Gasteiger partial charge is 0.220 e. The highest BCUT2D eigenvalue weighted by molar-refractivity contribution is 5.76. The van der Waals surface area contributed by atoms with Gasteiger partial charge in [-0.15, -0.1) is 0 Å². The molecule has 3 rings (SSSR count). The highest BCUT2D eigenvalue weighted by Crippen LogP contribution is 2.24. The Morgan fingerprint density at radius 3 is 2.41 bits per heavy atom. The van der Waals surface area contributed by atoms with Gasteiger partial charge >= 0.3 is 0 Å². The number of carbonyl (C=O) groups is 1. The molecule has 1 N–H and O–H groups in total. The summed E-state index contributed by atoms with van der Waals surface area (Å²) in [5, 5.41) is 3.31. The van der Waals surface area contributed by atoms with Gasteiger partial charge in [-0.3, -0.25) is 9.69 Å². The van der Waals surface area contributed by atoms with Crippen LogP contribution in [0.4, 0.5) is 5.69 Å². The molecule has 1 saturated heterocycles. The van der Waals surface area contributed by atoms with Crippen molar-refractivity contribution >= 4 is 11.6 Å². The average molecular weight is 372 g/mol. The molecule has 0 radical (unpaired) electrons. The van der Waals surface area contributed by atoms with Crippen molar-refractivity contribution < 1.29 is 4.79 Å². The van der Waals surface area contributed by atoms with Crippen molar-refractivity contribution in [2.24, 2.45) is 0 Å². The Bertz CT molecular complexity index is 576. The lowest BCUT2D eigenvalue weighted by Crippen LogP contribution is -2.50. The fourth-order valence-electron chi connectivity index (χ4n) is 4.60. The number of nitrogens with zero attached hydrogens (tertiary/aromatic N) is 2. The molecular formula is C23H37N3O. The molecule has 1 aromatic rings. The predicted molar refractivity (Wildman–Crippen MR) is 113 cm³/mol. The first-order valence-electron chi connectivity index (χ1n) is 10.9. The molecule has 1 amide bonds. The molecule has 1 aromatic carbocycles. The van der Waals surface area contributed by atoms with Crippen molar-refractivity contribution in [3.63, 3.8) is 0 Å². The first kappa shape index (κ1) is 20.2. The fraction of sp³-hybridized carbons (Fsp3) is 0.696. The van der Waals surface area contributed by atoms with E-state index in [1.165, 1.54) is 62.7 Å². The van der Waals surface area contributed by atoms with Crippen LogP contribution in [0.1, 0.15) is 63.4 Å². The minimum atomic E-state index is 0.208. The Balaban J connectivity index is 1.43. The number of anilines is 1. The number of hydrogen-bond donors (Lipinski definition) is 1. The van der Waals surface area contributed by atoms with Crippen molar-refractivity contribution in [1.29, 1.82) is 0 Å². The second kappa shape index (κ2) is 10.1. The SMILES string of the molecule is CN(C)c1ccc(CCC(=O)N[C@@H]2CCCN(C3CCCCCC3)C2)cc1. The lowest BCUT2D eigenvalue weighted by Gasteiger charge is -2.38. The van der Waals surface area contributed by atoms with Crippen LogP contribution >= 0.6 is 0 Å². The van der Waals surface area contributed by atoms with E-state index in [-0.39, 0.29) is 5.91 Å². The minimum Gasteiger partial charge on any atom is -0.378 e. The summed E-state index contributed by atoms with van der Waals surface area (Å²) in [6, 6.07) is 9.61. The maximum atomic E-state index is 12.5. The normalized spacial score (nSPS) is 22.2. The molecular weight excluding hydrogens is 334 g/mol. The number of aryl methyl sites for hydroxylation is 1. The summed E-state index contributed by atoms with van der Waals surface area (Å²) in [7, 11) is 4.09. The van der Waals surface area contributed by atoms with Gasteiger partial charge in [-0.1, -0.05) is 37.8 Å². The molecule has 4 heteroatoms. The maximum absolute atomic E-state index is 12.5. The van der Waals surface area contributed by atoms with Gasteiger partial charge in [0.2, 0.25) is 5.91 Å². The van der Waals surface area contributed by atoms with E-state index in [2.05, 4.69) is 39.4 Å². The number of rotatable bonds is 6. The third-order valence-corrected chi connectivity index (χ3v) is 6.25. The van der Waals surface area contributed by atoms with Gasteiger partial charge in [0.05, 0.1) is 0 Å². The summed E-state index contributed by atoms with van der Waals surface area (Å²) in [4.78, 5) is 17.2. The summed E-state index contributed by atoms with van der Waals surface area (Å²) >= 11 is 0. The van der Waals surface area contributed by atoms with Crippen LogP contribution in [0.25, 0.3) is 0 Å². The molecule has 150 valence electrons. The molecule has 0 aromatic heterocycles. The van der Waals surface area contributed by atoms with Gasteiger partial charge in [0.15, 0.2) is 0 Å². The number of likely N-dealkylation sites (tertiary alicyclic amines) is 1. The Morgan fingerprint density at radius 1 is 1.04 bits per heavy atom. The Morgan fingerprint density at radius 2 is 1.74 bits per heavy atom. The fourth-order valence-corrected chi connectivity index (χ4v) is 4.60. The molecule has 1 heterocycles. The van der Waals surface area contributed by atoms with Crippen LogP contribution < -0.4 is 10.2 Å². The van der Waals surface area contributed by atoms with Crippen molar-refractivity contribution in [1.82, 2.24) is 10.2 Å². The monoisotopic (exact) mass is 371 g/mol. The van der Waals surface area contributed by atoms with Crippen LogP contribution in [0.3, 0.4) is 0 Å². The lowest BCUT2D eigenvalue weighted by molar-refractivity contribution is -0.122. The van der Waals surface area contributed by atoms with E-state index in [0.717, 1.165) is 25.4 Å². The van der Waals surface area contributed by atoms with Crippen molar-refractivity contribution in [2.45, 2.75) is 76.3 Å². The van der Waals surface area contributed by atoms with Crippen LogP contribution in [-0.2, 0) is 11.2 Å². The molecule has 1 atom stereocenters. The Labute approximate surface area is 165 Å². The number of piperidine rings is 1. The van der Waals surface area contributed by atoms with Crippen LogP contribution in [0.2, 0.25) is 0 Å². The molecule has 2 aliphatic rings. The number of amides is 1. The first-order chi connectivity index (χ1) is 13.1. The maximum Gasteiger partial charge on any atom is 0.220 e. The molecule has 2 fully saturated rings. The van der Waals surface area contributed by atoms with E-state index in [4.69, 9.17) is 0 Å². The zero-order valence-corrected chi connectivity index (χ0v) is 17.3. The Kier molecular flexibility index (Phi) is 7.57. The van der Waals surface area contributed by atoms with E-state index < -0.39 is 0 Å². The van der Waals surface area contributed by atoms with E-state index in [9.17, 15) is 4.79 Å². The van der Waals surface area contributed by atoms with Gasteiger partial charge in [-0.25, -0.2) is 0 Å². The first-order valence-corrected chi connectivity index (χ1v) is 10.9. The van der Waals surface area contributed by atoms with Gasteiger partial charge in [0, 0.05) is 44.8 Å². The molecule has 1 saturated carbocycles. The standard InChI is InChI=1S/C23H37N3O/c1-25(2)21-14-11-19(12-15-21)13-16-23(27)24-20-8-7-17-26(18-20)22-9-5-3-4-6-10-22/h11-12,14-15,20,22H,3-10,13,16-18H2,1-2H3,(H,24,27)/t20-/m1/s1. The summed E-state index contributed by atoms with van der Waals surface area (Å²) in [5.74, 6) is 0.208. The van der Waals surface area contributed by atoms with Crippen molar-refractivity contribution in [3.05, 3.63) is 29.8 Å². The van der Waals surface area contributed by atoms with Crippen LogP contribution in [0.15, 0.2) is 24.3 Å². The predicted octanol–water partition coefficient (Wildman–Crippen LogP) is 3.99. The third-order valence-electron chi connectivity index (χ3n) is 6.25. The van der Waals surface area contributed by atoms with E-state index >= 15 is 0 Å². The van der Waals surface area contributed by atoms with E-state index in [1.807, 2.05) is 14.1 Å². The second-order valence-electron chi connectivity index (χ2n) is 8.61. The van der Waals surface area contributed by atoms with Crippen molar-refractivity contribution in [3.8, 4) is 0 Å². The summed E-state index contributed by atoms with van der Waals surface area (Å²) in [6.07, 6.45) is 12.0. The largest absolute Gasteiger partial charge is 0.378 e. The molecule has 4 nitrogen and oxygen atoms in total. The highest BCUT2D eigenvalue weighted by atomic mass is 16.1. The third kappa shape index (κ3) is 6.24. The second-order valence-corrected chi connectivity index (χ2v) is 8.61. The number of carbonyl (C=O) groups excluding carboxylic acids is 1. The van der Waals surface area contributed by atoms with Gasteiger partial charge in [-0.2, -0.15) is 0 Å². The van der Waals surface area contributed by atoms with Gasteiger partial charge < -0.3 is 10.2 Å². The number of benzene rings is 1. The van der Waals surface area contributed by atoms with E-state index in [0.29, 0.717) is 12.5 Å². The van der Waals surface area contributed by atoms with Gasteiger partial charge in [0.25, 0.3) is 0 Å².